The Morgan fingerprint density at radius 3 is 2.20 bits per heavy atom. The van der Waals surface area contributed by atoms with Gasteiger partial charge in [-0.15, -0.1) is 0 Å². The van der Waals surface area contributed by atoms with Crippen molar-refractivity contribution in [3.63, 3.8) is 0 Å². The Labute approximate surface area is 132 Å². The zero-order chi connectivity index (χ0) is 16.1. The third-order valence-corrected chi connectivity index (χ3v) is 4.87. The monoisotopic (exact) mass is 368 g/mol. The minimum Gasteiger partial charge on any atom is -0.465 e. The zero-order valence-electron chi connectivity index (χ0n) is 13.7. The molecule has 0 unspecified atom stereocenters. The fourth-order valence-corrected chi connectivity index (χ4v) is 3.34. The molecule has 3 atom stereocenters. The molecule has 0 saturated heterocycles. The molecule has 20 heavy (non-hydrogen) atoms. The second-order valence-electron chi connectivity index (χ2n) is 6.56. The summed E-state index contributed by atoms with van der Waals surface area (Å²) in [6, 6.07) is 0. The molecular weight excluding hydrogens is 340 g/mol. The van der Waals surface area contributed by atoms with Crippen LogP contribution < -0.4 is 0 Å². The lowest BCUT2D eigenvalue weighted by atomic mass is 9.94. The van der Waals surface area contributed by atoms with Crippen LogP contribution in [0.25, 0.3) is 0 Å². The maximum absolute atomic E-state index is 11.9. The van der Waals surface area contributed by atoms with Gasteiger partial charge in [-0.25, -0.2) is 0 Å². The van der Waals surface area contributed by atoms with Crippen LogP contribution >= 0.6 is 15.9 Å². The normalized spacial score (nSPS) is 18.5. The number of hydrogen-bond acceptors (Lipinski definition) is 4. The Balaban J connectivity index is 4.83. The number of aliphatic hydroxyl groups is 1. The molecule has 0 aromatic heterocycles. The van der Waals surface area contributed by atoms with E-state index in [1.807, 2.05) is 0 Å². The van der Waals surface area contributed by atoms with Gasteiger partial charge >= 0.3 is 5.97 Å². The van der Waals surface area contributed by atoms with E-state index >= 15 is 0 Å². The lowest BCUT2D eigenvalue weighted by Crippen LogP contribution is -2.46. The van der Waals surface area contributed by atoms with Crippen LogP contribution in [0.4, 0.5) is 0 Å². The Hall–Kier alpha value is 0.0869. The Kier molecular flexibility index (Phi) is 7.95. The first-order chi connectivity index (χ1) is 8.91. The molecule has 0 rings (SSSR count). The molecule has 0 aromatic carbocycles. The predicted molar refractivity (Wildman–Crippen MR) is 87.6 cm³/mol. The molecular formula is C14H29BrO4Si. The quantitative estimate of drug-likeness (QED) is 0.405. The molecule has 0 aliphatic rings. The van der Waals surface area contributed by atoms with Crippen LogP contribution in [0.15, 0.2) is 0 Å². The highest BCUT2D eigenvalue weighted by Crippen LogP contribution is 2.30. The summed E-state index contributed by atoms with van der Waals surface area (Å²) in [6.45, 7) is 14.2. The number of ether oxygens (including phenoxy) is 1. The van der Waals surface area contributed by atoms with Gasteiger partial charge in [0, 0.05) is 12.5 Å². The average molecular weight is 369 g/mol. The van der Waals surface area contributed by atoms with Crippen LogP contribution in [-0.2, 0) is 14.0 Å². The third kappa shape index (κ3) is 6.69. The molecule has 1 N–H and O–H groups in total. The molecule has 6 heteroatoms. The summed E-state index contributed by atoms with van der Waals surface area (Å²) in [5.41, 5.74) is 0. The van der Waals surface area contributed by atoms with Crippen LogP contribution in [0.1, 0.15) is 34.1 Å². The smallest absolute Gasteiger partial charge is 0.325 e. The first-order valence-corrected chi connectivity index (χ1v) is 11.3. The maximum Gasteiger partial charge on any atom is 0.325 e. The molecule has 0 radical (unpaired) electrons. The summed E-state index contributed by atoms with van der Waals surface area (Å²) < 4.78 is 10.0. The van der Waals surface area contributed by atoms with Crippen molar-refractivity contribution in [2.45, 2.75) is 70.3 Å². The van der Waals surface area contributed by atoms with Gasteiger partial charge in [-0.2, -0.15) is 0 Å². The molecule has 120 valence electrons. The molecule has 0 saturated carbocycles. The van der Waals surface area contributed by atoms with Gasteiger partial charge in [-0.05, 0) is 39.4 Å². The first-order valence-electron chi connectivity index (χ1n) is 7.13. The van der Waals surface area contributed by atoms with Crippen LogP contribution in [0.5, 0.6) is 0 Å². The van der Waals surface area contributed by atoms with Gasteiger partial charge in [0.15, 0.2) is 8.32 Å². The van der Waals surface area contributed by atoms with Gasteiger partial charge in [0.1, 0.15) is 4.32 Å². The van der Waals surface area contributed by atoms with Gasteiger partial charge < -0.3 is 14.3 Å². The van der Waals surface area contributed by atoms with E-state index in [9.17, 15) is 9.90 Å². The van der Waals surface area contributed by atoms with E-state index in [1.165, 1.54) is 0 Å². The van der Waals surface area contributed by atoms with Crippen molar-refractivity contribution in [3.05, 3.63) is 0 Å². The Morgan fingerprint density at radius 2 is 1.85 bits per heavy atom. The largest absolute Gasteiger partial charge is 0.465 e. The number of carbonyl (C=O) groups excluding carboxylic acids is 1. The van der Waals surface area contributed by atoms with Crippen LogP contribution in [0.3, 0.4) is 0 Å². The summed E-state index contributed by atoms with van der Waals surface area (Å²) in [5.74, 6) is -0.162. The first kappa shape index (κ1) is 20.1. The lowest BCUT2D eigenvalue weighted by Gasteiger charge is -2.34. The third-order valence-electron chi connectivity index (χ3n) is 3.00. The second-order valence-corrected chi connectivity index (χ2v) is 12.7. The van der Waals surface area contributed by atoms with E-state index in [4.69, 9.17) is 9.16 Å². The molecule has 0 aliphatic heterocycles. The van der Waals surface area contributed by atoms with Crippen LogP contribution in [0.2, 0.25) is 19.6 Å². The average Bonchev–Trinajstić information content (AvgIpc) is 2.26. The molecule has 4 nitrogen and oxygen atoms in total. The number of rotatable bonds is 8. The maximum atomic E-state index is 11.9. The Bertz CT molecular complexity index is 313. The fraction of sp³-hybridized carbons (Fsp3) is 0.929. The van der Waals surface area contributed by atoms with E-state index in [0.717, 1.165) is 0 Å². The topological polar surface area (TPSA) is 55.8 Å². The highest BCUT2D eigenvalue weighted by molar-refractivity contribution is 9.10. The number of aliphatic hydroxyl groups excluding tert-OH is 1. The minimum absolute atomic E-state index is 0.0667. The summed E-state index contributed by atoms with van der Waals surface area (Å²) >= 11 is 3.30. The van der Waals surface area contributed by atoms with E-state index < -0.39 is 24.7 Å². The van der Waals surface area contributed by atoms with Gasteiger partial charge in [-0.1, -0.05) is 29.8 Å². The minimum atomic E-state index is -1.69. The number of hydrogen-bond donors (Lipinski definition) is 1. The van der Waals surface area contributed by atoms with Crippen molar-refractivity contribution >= 4 is 30.2 Å². The highest BCUT2D eigenvalue weighted by Gasteiger charge is 2.41. The van der Waals surface area contributed by atoms with E-state index in [0.29, 0.717) is 13.0 Å². The van der Waals surface area contributed by atoms with Crippen molar-refractivity contribution in [2.75, 3.05) is 6.61 Å². The Morgan fingerprint density at radius 1 is 1.35 bits per heavy atom. The molecule has 0 amide bonds. The SMILES string of the molecule is CCOC(=O)[C@](C)(Br)[C@H](O)C[C@H](O[Si](C)(C)C)C(C)C. The summed E-state index contributed by atoms with van der Waals surface area (Å²) in [5, 5.41) is 10.4. The van der Waals surface area contributed by atoms with Gasteiger partial charge in [0.25, 0.3) is 0 Å². The highest BCUT2D eigenvalue weighted by atomic mass is 79.9. The predicted octanol–water partition coefficient (Wildman–Crippen LogP) is 3.33. The van der Waals surface area contributed by atoms with Crippen LogP contribution in [0, 0.1) is 5.92 Å². The fourth-order valence-electron chi connectivity index (χ4n) is 1.76. The van der Waals surface area contributed by atoms with Crippen molar-refractivity contribution in [1.29, 1.82) is 0 Å². The molecule has 0 aromatic rings. The van der Waals surface area contributed by atoms with Gasteiger partial charge in [-0.3, -0.25) is 4.79 Å². The lowest BCUT2D eigenvalue weighted by molar-refractivity contribution is -0.148. The van der Waals surface area contributed by atoms with E-state index in [2.05, 4.69) is 49.4 Å². The number of esters is 1. The summed E-state index contributed by atoms with van der Waals surface area (Å²) in [4.78, 5) is 11.9. The second kappa shape index (κ2) is 7.92. The van der Waals surface area contributed by atoms with Crippen molar-refractivity contribution in [1.82, 2.24) is 0 Å². The van der Waals surface area contributed by atoms with Crippen molar-refractivity contribution < 1.29 is 19.1 Å². The molecule has 0 heterocycles. The summed E-state index contributed by atoms with van der Waals surface area (Å²) in [6.07, 6.45) is -0.518. The zero-order valence-corrected chi connectivity index (χ0v) is 16.3. The molecule has 0 fully saturated rings. The van der Waals surface area contributed by atoms with Crippen molar-refractivity contribution in [2.24, 2.45) is 5.92 Å². The molecule has 0 spiro atoms. The van der Waals surface area contributed by atoms with E-state index in [-0.39, 0.29) is 12.0 Å². The standard InChI is InChI=1S/C14H29BrO4Si/c1-8-18-13(17)14(4,15)12(16)9-11(10(2)3)19-20(5,6)7/h10-12,16H,8-9H2,1-7H3/t11-,12+,14+/m0/s1. The molecule has 0 bridgehead atoms. The van der Waals surface area contributed by atoms with Crippen LogP contribution in [-0.4, -0.2) is 42.5 Å². The number of alkyl halides is 1. The number of carbonyl (C=O) groups is 1. The van der Waals surface area contributed by atoms with Crippen molar-refractivity contribution in [3.8, 4) is 0 Å². The van der Waals surface area contributed by atoms with Gasteiger partial charge in [0.2, 0.25) is 0 Å². The number of halogens is 1. The molecule has 0 aliphatic carbocycles. The van der Waals surface area contributed by atoms with E-state index in [1.54, 1.807) is 13.8 Å². The van der Waals surface area contributed by atoms with Gasteiger partial charge in [0.05, 0.1) is 12.7 Å². The summed E-state index contributed by atoms with van der Waals surface area (Å²) in [7, 11) is -1.69.